The van der Waals surface area contributed by atoms with Crippen molar-refractivity contribution in [1.29, 1.82) is 0 Å². The molecule has 3 aliphatic rings. The first kappa shape index (κ1) is 31.3. The van der Waals surface area contributed by atoms with Gasteiger partial charge in [-0.25, -0.2) is 0 Å². The Morgan fingerprint density at radius 3 is 2.45 bits per heavy atom. The second-order valence-electron chi connectivity index (χ2n) is 13.1. The van der Waals surface area contributed by atoms with Crippen LogP contribution < -0.4 is 10.6 Å². The van der Waals surface area contributed by atoms with E-state index in [0.29, 0.717) is 17.7 Å². The Morgan fingerprint density at radius 1 is 0.959 bits per heavy atom. The van der Waals surface area contributed by atoms with Crippen molar-refractivity contribution in [3.63, 3.8) is 0 Å². The highest BCUT2D eigenvalue weighted by Crippen LogP contribution is 2.57. The highest BCUT2D eigenvalue weighted by atomic mass is 127. The summed E-state index contributed by atoms with van der Waals surface area (Å²) >= 11 is 2.33. The lowest BCUT2D eigenvalue weighted by Gasteiger charge is -2.50. The Hall–Kier alpha value is -4.93. The van der Waals surface area contributed by atoms with Crippen LogP contribution >= 0.6 is 22.6 Å². The average Bonchev–Trinajstić information content (AvgIpc) is 3.56. The Balaban J connectivity index is 1.40. The second kappa shape index (κ2) is 11.6. The topological polar surface area (TPSA) is 113 Å². The molecule has 7 nitrogen and oxygen atoms in total. The largest absolute Gasteiger partial charge is 0.480 e. The molecule has 49 heavy (non-hydrogen) atoms. The van der Waals surface area contributed by atoms with Crippen molar-refractivity contribution in [2.45, 2.75) is 36.8 Å². The molecule has 0 fully saturated rings. The van der Waals surface area contributed by atoms with Gasteiger partial charge in [-0.1, -0.05) is 91.0 Å². The third kappa shape index (κ3) is 4.57. The van der Waals surface area contributed by atoms with Gasteiger partial charge in [0.2, 0.25) is 0 Å². The molecule has 0 radical (unpaired) electrons. The number of nitrogens with two attached hydrogens (primary N) is 1. The van der Waals surface area contributed by atoms with E-state index in [9.17, 15) is 19.5 Å². The summed E-state index contributed by atoms with van der Waals surface area (Å²) in [5.41, 5.74) is 8.94. The molecule has 1 aliphatic carbocycles. The van der Waals surface area contributed by atoms with Crippen LogP contribution in [0.5, 0.6) is 0 Å². The summed E-state index contributed by atoms with van der Waals surface area (Å²) in [7, 11) is 0. The molecule has 8 heteroatoms. The summed E-state index contributed by atoms with van der Waals surface area (Å²) in [5.74, 6) is -1.47. The number of fused-ring (bicyclic) bond motifs is 6. The van der Waals surface area contributed by atoms with Gasteiger partial charge in [-0.05, 0) is 97.9 Å². The monoisotopic (exact) mass is 757 g/mol. The first-order valence-electron chi connectivity index (χ1n) is 16.2. The van der Waals surface area contributed by atoms with Gasteiger partial charge in [0.15, 0.2) is 11.6 Å². The number of aliphatic imine (C=N–C) groups is 1. The molecular weight excluding hydrogens is 725 g/mol. The van der Waals surface area contributed by atoms with Gasteiger partial charge >= 0.3 is 5.97 Å². The van der Waals surface area contributed by atoms with E-state index >= 15 is 0 Å². The zero-order chi connectivity index (χ0) is 34.1. The van der Waals surface area contributed by atoms with Gasteiger partial charge in [0.25, 0.3) is 0 Å². The van der Waals surface area contributed by atoms with Crippen molar-refractivity contribution < 1.29 is 19.5 Å². The number of halogens is 1. The molecule has 0 aromatic heterocycles. The van der Waals surface area contributed by atoms with Crippen molar-refractivity contribution in [3.8, 4) is 0 Å². The maximum Gasteiger partial charge on any atom is 0.320 e. The highest BCUT2D eigenvalue weighted by molar-refractivity contribution is 14.1. The summed E-state index contributed by atoms with van der Waals surface area (Å²) in [4.78, 5) is 47.9. The quantitative estimate of drug-likeness (QED) is 0.106. The van der Waals surface area contributed by atoms with Gasteiger partial charge in [0.05, 0.1) is 17.5 Å². The average molecular weight is 758 g/mol. The van der Waals surface area contributed by atoms with Crippen LogP contribution in [0.2, 0.25) is 0 Å². The first-order chi connectivity index (χ1) is 23.6. The molecule has 3 N–H and O–H groups in total. The number of carbonyl (C=O) groups excluding carboxylic acids is 2. The molecule has 2 unspecified atom stereocenters. The maximum absolute atomic E-state index is 14.8. The van der Waals surface area contributed by atoms with Crippen molar-refractivity contribution in [2.75, 3.05) is 11.4 Å². The smallest absolute Gasteiger partial charge is 0.320 e. The molecule has 0 amide bonds. The van der Waals surface area contributed by atoms with Crippen LogP contribution in [0.1, 0.15) is 46.0 Å². The summed E-state index contributed by atoms with van der Waals surface area (Å²) in [6.07, 6.45) is 7.87. The minimum absolute atomic E-state index is 0.158. The molecule has 5 aromatic rings. The van der Waals surface area contributed by atoms with Crippen LogP contribution in [-0.2, 0) is 27.0 Å². The van der Waals surface area contributed by atoms with E-state index in [2.05, 4.69) is 70.0 Å². The summed E-state index contributed by atoms with van der Waals surface area (Å²) in [6, 6.07) is 28.9. The number of hydrogen-bond donors (Lipinski definition) is 2. The van der Waals surface area contributed by atoms with E-state index < -0.39 is 23.0 Å². The Labute approximate surface area is 297 Å². The predicted molar refractivity (Wildman–Crippen MR) is 202 cm³/mol. The number of nitrogens with zero attached hydrogens (tertiary/aromatic N) is 2. The fraction of sp³-hybridized carbons (Fsp3) is 0.171. The number of carbonyl (C=O) groups is 3. The van der Waals surface area contributed by atoms with Gasteiger partial charge in [0.1, 0.15) is 11.6 Å². The molecule has 8 rings (SSSR count). The number of aliphatic carboxylic acids is 1. The van der Waals surface area contributed by atoms with Crippen molar-refractivity contribution in [1.82, 2.24) is 0 Å². The molecule has 2 heterocycles. The molecule has 0 saturated carbocycles. The number of carboxylic acids is 1. The number of rotatable bonds is 6. The number of anilines is 1. The number of benzene rings is 5. The fourth-order valence-corrected chi connectivity index (χ4v) is 8.89. The van der Waals surface area contributed by atoms with Crippen LogP contribution in [0.15, 0.2) is 114 Å². The van der Waals surface area contributed by atoms with E-state index in [1.165, 1.54) is 0 Å². The van der Waals surface area contributed by atoms with E-state index in [1.807, 2.05) is 73.7 Å². The SMILES string of the molecule is CC1(C2(c3ccc(C[C@H](N)C(=O)O)cc3)N=CC=C2N2CC=Cc3ccccc32)C(=O)CC(=O)c2c1ccc1c2cc(I)c2ccccc21. The Morgan fingerprint density at radius 2 is 1.67 bits per heavy atom. The molecule has 3 atom stereocenters. The van der Waals surface area contributed by atoms with E-state index in [0.717, 1.165) is 53.2 Å². The summed E-state index contributed by atoms with van der Waals surface area (Å²) < 4.78 is 1.03. The maximum atomic E-state index is 14.8. The number of hydrogen-bond acceptors (Lipinski definition) is 6. The Kier molecular flexibility index (Phi) is 7.42. The molecule has 2 aliphatic heterocycles. The van der Waals surface area contributed by atoms with Gasteiger partial charge in [-0.2, -0.15) is 0 Å². The molecule has 242 valence electrons. The molecule has 0 bridgehead atoms. The van der Waals surface area contributed by atoms with Crippen molar-refractivity contribution >= 4 is 79.6 Å². The second-order valence-corrected chi connectivity index (χ2v) is 14.3. The van der Waals surface area contributed by atoms with Crippen LogP contribution in [0.25, 0.3) is 27.6 Å². The zero-order valence-corrected chi connectivity index (χ0v) is 28.8. The van der Waals surface area contributed by atoms with Crippen molar-refractivity contribution in [2.24, 2.45) is 10.7 Å². The molecule has 5 aromatic carbocycles. The van der Waals surface area contributed by atoms with Crippen LogP contribution in [-0.4, -0.2) is 41.4 Å². The first-order valence-corrected chi connectivity index (χ1v) is 17.3. The third-order valence-electron chi connectivity index (χ3n) is 10.5. The number of Topliss-reactive ketones (excluding diaryl/α,β-unsaturated/α-hetero) is 2. The van der Waals surface area contributed by atoms with E-state index in [4.69, 9.17) is 10.7 Å². The Bertz CT molecular complexity index is 2340. The minimum atomic E-state index is -1.30. The number of carboxylic acid groups (broad SMARTS) is 1. The predicted octanol–water partition coefficient (Wildman–Crippen LogP) is 7.36. The standard InChI is InChI=1S/C41H32IN3O4/c1-40(31-17-16-28-27-9-3-4-10-29(27)32(42)22-30(28)38(31)35(46)23-37(40)47)41(26-14-12-24(13-15-26)21-33(43)39(48)49)36(18-19-44-41)45-20-6-8-25-7-2-5-11-34(25)45/h2-19,22,33H,20-21,23,43H2,1H3,(H,48,49)/t33-,40?,41?/m0/s1. The third-order valence-corrected chi connectivity index (χ3v) is 11.4. The number of ketones is 2. The van der Waals surface area contributed by atoms with Crippen LogP contribution in [0.4, 0.5) is 5.69 Å². The summed E-state index contributed by atoms with van der Waals surface area (Å²) in [5, 5.41) is 13.4. The van der Waals surface area contributed by atoms with Crippen LogP contribution in [0.3, 0.4) is 0 Å². The van der Waals surface area contributed by atoms with Gasteiger partial charge < -0.3 is 15.7 Å². The van der Waals surface area contributed by atoms with E-state index in [1.54, 1.807) is 6.21 Å². The lowest BCUT2D eigenvalue weighted by atomic mass is 9.55. The minimum Gasteiger partial charge on any atom is -0.480 e. The molecular formula is C41H32IN3O4. The highest BCUT2D eigenvalue weighted by Gasteiger charge is 2.62. The molecule has 0 saturated heterocycles. The van der Waals surface area contributed by atoms with E-state index in [-0.39, 0.29) is 24.4 Å². The van der Waals surface area contributed by atoms with Gasteiger partial charge in [0, 0.05) is 27.6 Å². The molecule has 0 spiro atoms. The van der Waals surface area contributed by atoms with Gasteiger partial charge in [-0.15, -0.1) is 0 Å². The normalized spacial score (nSPS) is 21.9. The zero-order valence-electron chi connectivity index (χ0n) is 26.7. The van der Waals surface area contributed by atoms with Crippen LogP contribution in [0, 0.1) is 3.57 Å². The van der Waals surface area contributed by atoms with Crippen molar-refractivity contribution in [3.05, 3.63) is 140 Å². The lowest BCUT2D eigenvalue weighted by molar-refractivity contribution is -0.138. The lowest BCUT2D eigenvalue weighted by Crippen LogP contribution is -2.57. The number of para-hydroxylation sites is 1. The van der Waals surface area contributed by atoms with Gasteiger partial charge in [-0.3, -0.25) is 19.4 Å². The fourth-order valence-electron chi connectivity index (χ4n) is 8.11. The number of allylic oxidation sites excluding steroid dienone is 1. The summed E-state index contributed by atoms with van der Waals surface area (Å²) in [6.45, 7) is 2.51.